The Balaban J connectivity index is 2.05. The Bertz CT molecular complexity index is 929. The van der Waals surface area contributed by atoms with Crippen molar-refractivity contribution in [3.05, 3.63) is 69.7 Å². The van der Waals surface area contributed by atoms with Gasteiger partial charge in [0, 0.05) is 5.02 Å². The van der Waals surface area contributed by atoms with E-state index in [1.165, 1.54) is 0 Å². The quantitative estimate of drug-likeness (QED) is 0.785. The minimum absolute atomic E-state index is 0.0541. The van der Waals surface area contributed by atoms with Gasteiger partial charge < -0.3 is 5.32 Å². The molecular formula is C18H16ClN3O. The van der Waals surface area contributed by atoms with E-state index in [1.807, 2.05) is 36.4 Å². The van der Waals surface area contributed by atoms with Gasteiger partial charge in [-0.3, -0.25) is 9.36 Å². The zero-order valence-electron chi connectivity index (χ0n) is 12.5. The van der Waals surface area contributed by atoms with Crippen LogP contribution in [0, 0.1) is 0 Å². The molecule has 0 saturated carbocycles. The fraction of sp³-hybridized carbons (Fsp3) is 0.222. The van der Waals surface area contributed by atoms with E-state index in [9.17, 15) is 4.79 Å². The second kappa shape index (κ2) is 5.80. The highest BCUT2D eigenvalue weighted by atomic mass is 35.5. The van der Waals surface area contributed by atoms with Crippen LogP contribution in [-0.4, -0.2) is 16.1 Å². The van der Waals surface area contributed by atoms with Crippen LogP contribution in [0.5, 0.6) is 0 Å². The lowest BCUT2D eigenvalue weighted by atomic mass is 10.1. The normalized spacial score (nSPS) is 17.7. The number of benzene rings is 2. The Morgan fingerprint density at radius 3 is 2.83 bits per heavy atom. The van der Waals surface area contributed by atoms with Crippen LogP contribution in [0.2, 0.25) is 5.02 Å². The predicted octanol–water partition coefficient (Wildman–Crippen LogP) is 3.46. The molecule has 2 aromatic carbocycles. The third kappa shape index (κ3) is 2.54. The lowest BCUT2D eigenvalue weighted by Crippen LogP contribution is -2.28. The summed E-state index contributed by atoms with van der Waals surface area (Å²) in [6, 6.07) is 14.9. The summed E-state index contributed by atoms with van der Waals surface area (Å²) < 4.78 is 1.69. The number of fused-ring (bicyclic) bond motifs is 1. The largest absolute Gasteiger partial charge is 0.307 e. The van der Waals surface area contributed by atoms with Crippen LogP contribution in [0.1, 0.15) is 24.7 Å². The van der Waals surface area contributed by atoms with Crippen molar-refractivity contribution >= 4 is 22.5 Å². The van der Waals surface area contributed by atoms with Gasteiger partial charge in [-0.1, -0.05) is 29.8 Å². The zero-order valence-corrected chi connectivity index (χ0v) is 13.3. The molecule has 116 valence electrons. The van der Waals surface area contributed by atoms with Gasteiger partial charge in [-0.25, -0.2) is 4.98 Å². The van der Waals surface area contributed by atoms with Crippen molar-refractivity contribution in [3.8, 4) is 5.69 Å². The zero-order chi connectivity index (χ0) is 15.8. The number of nitrogens with zero attached hydrogens (tertiary/aromatic N) is 2. The van der Waals surface area contributed by atoms with Crippen LogP contribution in [0.25, 0.3) is 16.6 Å². The van der Waals surface area contributed by atoms with E-state index in [0.717, 1.165) is 36.4 Å². The highest BCUT2D eigenvalue weighted by Gasteiger charge is 2.23. The van der Waals surface area contributed by atoms with Crippen LogP contribution < -0.4 is 10.9 Å². The average molecular weight is 326 g/mol. The van der Waals surface area contributed by atoms with Gasteiger partial charge in [0.2, 0.25) is 0 Å². The van der Waals surface area contributed by atoms with E-state index >= 15 is 0 Å². The second-order valence-electron chi connectivity index (χ2n) is 5.76. The van der Waals surface area contributed by atoms with Crippen molar-refractivity contribution in [2.75, 3.05) is 6.54 Å². The monoisotopic (exact) mass is 325 g/mol. The van der Waals surface area contributed by atoms with E-state index in [-0.39, 0.29) is 11.6 Å². The summed E-state index contributed by atoms with van der Waals surface area (Å²) >= 11 is 6.13. The molecule has 1 aliphatic rings. The fourth-order valence-corrected chi connectivity index (χ4v) is 3.34. The number of halogens is 1. The van der Waals surface area contributed by atoms with Crippen LogP contribution in [0.3, 0.4) is 0 Å². The standard InChI is InChI=1S/C18H16ClN3O/c19-12-5-3-6-13(11-12)22-17(16-9-4-10-20-16)21-15-8-2-1-7-14(15)18(22)23/h1-3,5-8,11,16,20H,4,9-10H2. The molecule has 0 spiro atoms. The molecule has 2 heterocycles. The van der Waals surface area contributed by atoms with Crippen molar-refractivity contribution in [3.63, 3.8) is 0 Å². The van der Waals surface area contributed by atoms with Crippen LogP contribution in [-0.2, 0) is 0 Å². The maximum absolute atomic E-state index is 13.1. The van der Waals surface area contributed by atoms with E-state index in [2.05, 4.69) is 5.32 Å². The molecule has 0 radical (unpaired) electrons. The highest BCUT2D eigenvalue weighted by molar-refractivity contribution is 6.30. The molecule has 1 fully saturated rings. The molecule has 5 heteroatoms. The van der Waals surface area contributed by atoms with Crippen LogP contribution >= 0.6 is 11.6 Å². The number of rotatable bonds is 2. The molecule has 3 aromatic rings. The predicted molar refractivity (Wildman–Crippen MR) is 92.3 cm³/mol. The van der Waals surface area contributed by atoms with Crippen LogP contribution in [0.4, 0.5) is 0 Å². The van der Waals surface area contributed by atoms with Gasteiger partial charge in [-0.05, 0) is 49.7 Å². The van der Waals surface area contributed by atoms with E-state index < -0.39 is 0 Å². The molecule has 1 aliphatic heterocycles. The minimum Gasteiger partial charge on any atom is -0.307 e. The molecule has 1 saturated heterocycles. The number of hydrogen-bond donors (Lipinski definition) is 1. The average Bonchev–Trinajstić information content (AvgIpc) is 3.09. The lowest BCUT2D eigenvalue weighted by Gasteiger charge is -2.18. The molecule has 0 amide bonds. The molecule has 4 nitrogen and oxygen atoms in total. The van der Waals surface area contributed by atoms with Gasteiger partial charge in [-0.2, -0.15) is 0 Å². The van der Waals surface area contributed by atoms with Gasteiger partial charge in [-0.15, -0.1) is 0 Å². The Labute approximate surface area is 138 Å². The second-order valence-corrected chi connectivity index (χ2v) is 6.19. The van der Waals surface area contributed by atoms with Crippen molar-refractivity contribution in [1.29, 1.82) is 0 Å². The lowest BCUT2D eigenvalue weighted by molar-refractivity contribution is 0.584. The molecule has 4 rings (SSSR count). The summed E-state index contributed by atoms with van der Waals surface area (Å²) in [5.41, 5.74) is 1.44. The topological polar surface area (TPSA) is 46.9 Å². The third-order valence-corrected chi connectivity index (χ3v) is 4.48. The molecular weight excluding hydrogens is 310 g/mol. The first kappa shape index (κ1) is 14.4. The number of nitrogens with one attached hydrogen (secondary N) is 1. The summed E-state index contributed by atoms with van der Waals surface area (Å²) in [5.74, 6) is 0.758. The minimum atomic E-state index is -0.0541. The Morgan fingerprint density at radius 1 is 1.17 bits per heavy atom. The van der Waals surface area contributed by atoms with Gasteiger partial charge in [0.05, 0.1) is 22.6 Å². The van der Waals surface area contributed by atoms with Gasteiger partial charge in [0.25, 0.3) is 5.56 Å². The summed E-state index contributed by atoms with van der Waals surface area (Å²) in [5, 5.41) is 4.66. The van der Waals surface area contributed by atoms with E-state index in [0.29, 0.717) is 10.4 Å². The smallest absolute Gasteiger partial charge is 0.266 e. The number of hydrogen-bond acceptors (Lipinski definition) is 3. The molecule has 1 N–H and O–H groups in total. The first-order chi connectivity index (χ1) is 11.2. The van der Waals surface area contributed by atoms with Crippen molar-refractivity contribution in [2.45, 2.75) is 18.9 Å². The molecule has 0 aliphatic carbocycles. The maximum atomic E-state index is 13.1. The van der Waals surface area contributed by atoms with Crippen LogP contribution in [0.15, 0.2) is 53.3 Å². The number of aromatic nitrogens is 2. The fourth-order valence-electron chi connectivity index (χ4n) is 3.15. The van der Waals surface area contributed by atoms with Gasteiger partial charge in [0.1, 0.15) is 5.82 Å². The maximum Gasteiger partial charge on any atom is 0.266 e. The van der Waals surface area contributed by atoms with E-state index in [1.54, 1.807) is 16.7 Å². The Kier molecular flexibility index (Phi) is 3.63. The SMILES string of the molecule is O=c1c2ccccc2nc(C2CCCN2)n1-c1cccc(Cl)c1. The summed E-state index contributed by atoms with van der Waals surface area (Å²) in [6.45, 7) is 0.947. The van der Waals surface area contributed by atoms with Gasteiger partial charge in [0.15, 0.2) is 0 Å². The molecule has 1 unspecified atom stereocenters. The first-order valence-corrected chi connectivity index (χ1v) is 8.13. The third-order valence-electron chi connectivity index (χ3n) is 4.24. The molecule has 1 aromatic heterocycles. The summed E-state index contributed by atoms with van der Waals surface area (Å²) in [7, 11) is 0. The molecule has 23 heavy (non-hydrogen) atoms. The van der Waals surface area contributed by atoms with Crippen molar-refractivity contribution in [2.24, 2.45) is 0 Å². The Hall–Kier alpha value is -2.17. The first-order valence-electron chi connectivity index (χ1n) is 7.75. The highest BCUT2D eigenvalue weighted by Crippen LogP contribution is 2.25. The molecule has 1 atom stereocenters. The molecule has 0 bridgehead atoms. The number of para-hydroxylation sites is 1. The summed E-state index contributed by atoms with van der Waals surface area (Å²) in [6.07, 6.45) is 2.06. The van der Waals surface area contributed by atoms with Crippen molar-refractivity contribution < 1.29 is 0 Å². The summed E-state index contributed by atoms with van der Waals surface area (Å²) in [4.78, 5) is 17.9. The Morgan fingerprint density at radius 2 is 2.04 bits per heavy atom. The van der Waals surface area contributed by atoms with Crippen molar-refractivity contribution in [1.82, 2.24) is 14.9 Å². The van der Waals surface area contributed by atoms with Gasteiger partial charge >= 0.3 is 0 Å². The van der Waals surface area contributed by atoms with E-state index in [4.69, 9.17) is 16.6 Å².